The van der Waals surface area contributed by atoms with E-state index in [4.69, 9.17) is 5.73 Å². The van der Waals surface area contributed by atoms with Crippen molar-refractivity contribution < 1.29 is 9.59 Å². The van der Waals surface area contributed by atoms with Gasteiger partial charge in [-0.3, -0.25) is 9.59 Å². The van der Waals surface area contributed by atoms with Gasteiger partial charge in [0.15, 0.2) is 0 Å². The van der Waals surface area contributed by atoms with E-state index in [1.165, 1.54) is 0 Å². The molecule has 1 aromatic carbocycles. The van der Waals surface area contributed by atoms with Gasteiger partial charge in [-0.25, -0.2) is 9.97 Å². The molecule has 0 bridgehead atoms. The van der Waals surface area contributed by atoms with E-state index in [1.807, 2.05) is 29.6 Å². The van der Waals surface area contributed by atoms with Gasteiger partial charge in [0, 0.05) is 24.2 Å². The molecule has 1 atom stereocenters. The summed E-state index contributed by atoms with van der Waals surface area (Å²) in [5, 5.41) is 1.98. The number of hydrogen-bond acceptors (Lipinski definition) is 5. The quantitative estimate of drug-likeness (QED) is 0.772. The smallest absolute Gasteiger partial charge is 0.253 e. The lowest BCUT2D eigenvalue weighted by Crippen LogP contribution is -2.44. The molecule has 6 nitrogen and oxygen atoms in total. The molecule has 2 amide bonds. The van der Waals surface area contributed by atoms with Crippen LogP contribution in [0.25, 0.3) is 21.5 Å². The molecule has 2 N–H and O–H groups in total. The fraction of sp³-hybridized carbons (Fsp3) is 0.263. The SMILES string of the molecule is NC(=O)[C@@H]1CCCN(C(=O)c2cccc(-c3ncnc4ccsc34)c2)C1. The van der Waals surface area contributed by atoms with Crippen molar-refractivity contribution in [3.05, 3.63) is 47.6 Å². The molecular formula is C19H18N4O2S. The average molecular weight is 366 g/mol. The largest absolute Gasteiger partial charge is 0.369 e. The van der Waals surface area contributed by atoms with Crippen molar-refractivity contribution in [3.8, 4) is 11.3 Å². The molecule has 26 heavy (non-hydrogen) atoms. The van der Waals surface area contributed by atoms with Crippen molar-refractivity contribution in [2.45, 2.75) is 12.8 Å². The third-order valence-electron chi connectivity index (χ3n) is 4.74. The zero-order valence-electron chi connectivity index (χ0n) is 14.1. The molecule has 2 aromatic heterocycles. The molecule has 132 valence electrons. The van der Waals surface area contributed by atoms with Gasteiger partial charge in [0.2, 0.25) is 5.91 Å². The maximum Gasteiger partial charge on any atom is 0.253 e. The number of benzene rings is 1. The van der Waals surface area contributed by atoms with Crippen LogP contribution >= 0.6 is 11.3 Å². The van der Waals surface area contributed by atoms with Crippen LogP contribution in [0.1, 0.15) is 23.2 Å². The minimum Gasteiger partial charge on any atom is -0.369 e. The highest BCUT2D eigenvalue weighted by molar-refractivity contribution is 7.17. The van der Waals surface area contributed by atoms with Crippen LogP contribution in [0.5, 0.6) is 0 Å². The first kappa shape index (κ1) is 16.7. The Kier molecular flexibility index (Phi) is 4.38. The summed E-state index contributed by atoms with van der Waals surface area (Å²) >= 11 is 1.58. The number of carbonyl (C=O) groups is 2. The van der Waals surface area contributed by atoms with E-state index in [-0.39, 0.29) is 17.7 Å². The molecule has 3 heterocycles. The van der Waals surface area contributed by atoms with Crippen molar-refractivity contribution >= 4 is 33.4 Å². The second kappa shape index (κ2) is 6.84. The molecule has 3 aromatic rings. The van der Waals surface area contributed by atoms with Gasteiger partial charge >= 0.3 is 0 Å². The molecule has 0 saturated carbocycles. The Labute approximate surface area is 154 Å². The number of likely N-dealkylation sites (tertiary alicyclic amines) is 1. The van der Waals surface area contributed by atoms with Crippen molar-refractivity contribution in [2.24, 2.45) is 11.7 Å². The van der Waals surface area contributed by atoms with Gasteiger partial charge in [0.05, 0.1) is 21.8 Å². The van der Waals surface area contributed by atoms with Gasteiger partial charge in [-0.15, -0.1) is 11.3 Å². The van der Waals surface area contributed by atoms with Crippen molar-refractivity contribution in [2.75, 3.05) is 13.1 Å². The summed E-state index contributed by atoms with van der Waals surface area (Å²) in [7, 11) is 0. The lowest BCUT2D eigenvalue weighted by Gasteiger charge is -2.31. The zero-order valence-corrected chi connectivity index (χ0v) is 14.9. The van der Waals surface area contributed by atoms with E-state index in [2.05, 4.69) is 9.97 Å². The number of amides is 2. The molecular weight excluding hydrogens is 348 g/mol. The number of fused-ring (bicyclic) bond motifs is 1. The van der Waals surface area contributed by atoms with Crippen LogP contribution in [0.2, 0.25) is 0 Å². The maximum absolute atomic E-state index is 12.9. The zero-order chi connectivity index (χ0) is 18.1. The Hall–Kier alpha value is -2.80. The molecule has 7 heteroatoms. The molecule has 0 radical (unpaired) electrons. The fourth-order valence-corrected chi connectivity index (χ4v) is 4.23. The molecule has 4 rings (SSSR count). The van der Waals surface area contributed by atoms with E-state index in [0.717, 1.165) is 34.3 Å². The number of hydrogen-bond donors (Lipinski definition) is 1. The van der Waals surface area contributed by atoms with Gasteiger partial charge in [-0.2, -0.15) is 0 Å². The number of primary amides is 1. The van der Waals surface area contributed by atoms with Crippen LogP contribution in [0.3, 0.4) is 0 Å². The summed E-state index contributed by atoms with van der Waals surface area (Å²) in [6, 6.07) is 9.42. The van der Waals surface area contributed by atoms with Crippen LogP contribution < -0.4 is 5.73 Å². The van der Waals surface area contributed by atoms with Gasteiger partial charge < -0.3 is 10.6 Å². The highest BCUT2D eigenvalue weighted by atomic mass is 32.1. The van der Waals surface area contributed by atoms with Gasteiger partial charge in [0.25, 0.3) is 5.91 Å². The van der Waals surface area contributed by atoms with E-state index in [1.54, 1.807) is 28.6 Å². The second-order valence-electron chi connectivity index (χ2n) is 6.43. The van der Waals surface area contributed by atoms with Crippen LogP contribution in [-0.2, 0) is 4.79 Å². The number of aromatic nitrogens is 2. The van der Waals surface area contributed by atoms with Gasteiger partial charge in [-0.1, -0.05) is 12.1 Å². The number of rotatable bonds is 3. The lowest BCUT2D eigenvalue weighted by atomic mass is 9.96. The van der Waals surface area contributed by atoms with Crippen LogP contribution in [-0.4, -0.2) is 39.8 Å². The molecule has 0 unspecified atom stereocenters. The molecule has 0 spiro atoms. The normalized spacial score (nSPS) is 17.4. The van der Waals surface area contributed by atoms with Gasteiger partial charge in [-0.05, 0) is 36.4 Å². The third-order valence-corrected chi connectivity index (χ3v) is 5.65. The van der Waals surface area contributed by atoms with Crippen molar-refractivity contribution in [1.29, 1.82) is 0 Å². The Morgan fingerprint density at radius 2 is 2.12 bits per heavy atom. The number of nitrogens with two attached hydrogens (primary N) is 1. The molecule has 0 aliphatic carbocycles. The number of piperidine rings is 1. The number of thiophene rings is 1. The van der Waals surface area contributed by atoms with Crippen LogP contribution in [0, 0.1) is 5.92 Å². The minimum absolute atomic E-state index is 0.0747. The summed E-state index contributed by atoms with van der Waals surface area (Å²) in [6.45, 7) is 1.04. The highest BCUT2D eigenvalue weighted by Gasteiger charge is 2.27. The molecule has 1 aliphatic heterocycles. The van der Waals surface area contributed by atoms with Gasteiger partial charge in [0.1, 0.15) is 6.33 Å². The van der Waals surface area contributed by atoms with E-state index >= 15 is 0 Å². The topological polar surface area (TPSA) is 89.2 Å². The van der Waals surface area contributed by atoms with Crippen LogP contribution in [0.4, 0.5) is 0 Å². The summed E-state index contributed by atoms with van der Waals surface area (Å²) in [5.74, 6) is -0.671. The summed E-state index contributed by atoms with van der Waals surface area (Å²) in [5.41, 5.74) is 8.63. The highest BCUT2D eigenvalue weighted by Crippen LogP contribution is 2.30. The summed E-state index contributed by atoms with van der Waals surface area (Å²) in [6.07, 6.45) is 3.08. The first-order chi connectivity index (χ1) is 12.6. The lowest BCUT2D eigenvalue weighted by molar-refractivity contribution is -0.123. The van der Waals surface area contributed by atoms with Crippen molar-refractivity contribution in [3.63, 3.8) is 0 Å². The minimum atomic E-state index is -0.336. The Morgan fingerprint density at radius 1 is 1.23 bits per heavy atom. The van der Waals surface area contributed by atoms with E-state index in [0.29, 0.717) is 18.7 Å². The third kappa shape index (κ3) is 3.06. The maximum atomic E-state index is 12.9. The first-order valence-corrected chi connectivity index (χ1v) is 9.38. The Morgan fingerprint density at radius 3 is 2.96 bits per heavy atom. The van der Waals surface area contributed by atoms with E-state index in [9.17, 15) is 9.59 Å². The Bertz CT molecular complexity index is 984. The monoisotopic (exact) mass is 366 g/mol. The predicted molar refractivity (Wildman–Crippen MR) is 101 cm³/mol. The number of nitrogens with zero attached hydrogens (tertiary/aromatic N) is 3. The van der Waals surface area contributed by atoms with E-state index < -0.39 is 0 Å². The average Bonchev–Trinajstić information content (AvgIpc) is 3.16. The second-order valence-corrected chi connectivity index (χ2v) is 7.35. The fourth-order valence-electron chi connectivity index (χ4n) is 3.37. The molecule has 1 aliphatic rings. The predicted octanol–water partition coefficient (Wildman–Crippen LogP) is 2.70. The first-order valence-electron chi connectivity index (χ1n) is 8.50. The number of carbonyl (C=O) groups excluding carboxylic acids is 2. The molecule has 1 saturated heterocycles. The Balaban J connectivity index is 1.64. The summed E-state index contributed by atoms with van der Waals surface area (Å²) < 4.78 is 1.00. The standard InChI is InChI=1S/C19H18N4O2S/c20-18(24)14-5-2-7-23(10-14)19(25)13-4-1-3-12(9-13)16-17-15(6-8-26-17)21-11-22-16/h1,3-4,6,8-9,11,14H,2,5,7,10H2,(H2,20,24)/t14-/m1/s1. The van der Waals surface area contributed by atoms with Crippen molar-refractivity contribution in [1.82, 2.24) is 14.9 Å². The summed E-state index contributed by atoms with van der Waals surface area (Å²) in [4.78, 5) is 34.8. The van der Waals surface area contributed by atoms with Crippen LogP contribution in [0.15, 0.2) is 42.0 Å². The molecule has 1 fully saturated rings.